The second-order valence-electron chi connectivity index (χ2n) is 7.01. The van der Waals surface area contributed by atoms with Crippen molar-refractivity contribution >= 4 is 23.9 Å². The molecule has 0 aromatic rings. The predicted molar refractivity (Wildman–Crippen MR) is 112 cm³/mol. The number of methoxy groups -OCH3 is 4. The number of ether oxygens (including phenoxy) is 8. The second kappa shape index (κ2) is 19.2. The molecule has 0 spiro atoms. The molecule has 33 heavy (non-hydrogen) atoms. The van der Waals surface area contributed by atoms with Gasteiger partial charge in [-0.1, -0.05) is 0 Å². The van der Waals surface area contributed by atoms with Crippen molar-refractivity contribution in [1.29, 1.82) is 0 Å². The van der Waals surface area contributed by atoms with Gasteiger partial charge in [-0.3, -0.25) is 19.2 Å². The van der Waals surface area contributed by atoms with Crippen molar-refractivity contribution in [2.45, 2.75) is 25.7 Å². The van der Waals surface area contributed by atoms with E-state index in [0.717, 1.165) is 0 Å². The first-order valence-electron chi connectivity index (χ1n) is 10.4. The summed E-state index contributed by atoms with van der Waals surface area (Å²) >= 11 is 0. The van der Waals surface area contributed by atoms with E-state index in [0.29, 0.717) is 0 Å². The summed E-state index contributed by atoms with van der Waals surface area (Å²) in [4.78, 5) is 45.4. The first-order chi connectivity index (χ1) is 15.8. The van der Waals surface area contributed by atoms with Crippen molar-refractivity contribution in [2.75, 3.05) is 81.3 Å². The average molecular weight is 481 g/mol. The van der Waals surface area contributed by atoms with E-state index >= 15 is 0 Å². The van der Waals surface area contributed by atoms with Crippen LogP contribution in [0.25, 0.3) is 0 Å². The molecule has 192 valence electrons. The molecule has 0 saturated heterocycles. The Labute approximate surface area is 194 Å². The average Bonchev–Trinajstić information content (AvgIpc) is 2.83. The lowest BCUT2D eigenvalue weighted by atomic mass is 9.92. The monoisotopic (exact) mass is 480 g/mol. The van der Waals surface area contributed by atoms with Gasteiger partial charge in [0.1, 0.15) is 0 Å². The standard InChI is InChI=1S/C21H36O12/c1-26-17(22)5-9-30-13-21(14-31-10-6-18(23)27-2,15-32-11-7-19(24)28-3)16-33-12-8-20(25)29-4/h5-16H2,1-4H3. The highest BCUT2D eigenvalue weighted by atomic mass is 16.5. The normalized spacial score (nSPS) is 11.0. The van der Waals surface area contributed by atoms with Gasteiger partial charge in [0.2, 0.25) is 0 Å². The van der Waals surface area contributed by atoms with E-state index in [4.69, 9.17) is 18.9 Å². The largest absolute Gasteiger partial charge is 0.469 e. The summed E-state index contributed by atoms with van der Waals surface area (Å²) < 4.78 is 41.0. The van der Waals surface area contributed by atoms with E-state index in [1.165, 1.54) is 28.4 Å². The van der Waals surface area contributed by atoms with Crippen molar-refractivity contribution in [3.63, 3.8) is 0 Å². The zero-order valence-corrected chi connectivity index (χ0v) is 19.9. The van der Waals surface area contributed by atoms with Gasteiger partial charge in [-0.15, -0.1) is 0 Å². The van der Waals surface area contributed by atoms with Crippen LogP contribution in [0.15, 0.2) is 0 Å². The van der Waals surface area contributed by atoms with E-state index in [9.17, 15) is 19.2 Å². The fourth-order valence-electron chi connectivity index (χ4n) is 2.43. The van der Waals surface area contributed by atoms with E-state index in [-0.39, 0.29) is 78.5 Å². The molecule has 0 amide bonds. The molecule has 0 aliphatic carbocycles. The van der Waals surface area contributed by atoms with Crippen LogP contribution in [0.5, 0.6) is 0 Å². The number of hydrogen-bond donors (Lipinski definition) is 0. The number of carbonyl (C=O) groups is 4. The van der Waals surface area contributed by atoms with Gasteiger partial charge in [-0.25, -0.2) is 0 Å². The van der Waals surface area contributed by atoms with Gasteiger partial charge in [-0.05, 0) is 0 Å². The van der Waals surface area contributed by atoms with E-state index in [1.807, 2.05) is 0 Å². The molecule has 0 bridgehead atoms. The van der Waals surface area contributed by atoms with Gasteiger partial charge in [0.05, 0.1) is 112 Å². The van der Waals surface area contributed by atoms with Crippen molar-refractivity contribution < 1.29 is 57.1 Å². The van der Waals surface area contributed by atoms with Crippen molar-refractivity contribution in [1.82, 2.24) is 0 Å². The van der Waals surface area contributed by atoms with Gasteiger partial charge in [0.15, 0.2) is 0 Å². The number of carbonyl (C=O) groups excluding carboxylic acids is 4. The number of rotatable bonds is 20. The smallest absolute Gasteiger partial charge is 0.307 e. The quantitative estimate of drug-likeness (QED) is 0.134. The molecule has 0 atom stereocenters. The zero-order valence-electron chi connectivity index (χ0n) is 19.9. The van der Waals surface area contributed by atoms with Crippen LogP contribution < -0.4 is 0 Å². The summed E-state index contributed by atoms with van der Waals surface area (Å²) in [6.07, 6.45) is 0.231. The molecule has 0 radical (unpaired) electrons. The minimum absolute atomic E-state index is 0.0577. The molecule has 12 nitrogen and oxygen atoms in total. The highest BCUT2D eigenvalue weighted by molar-refractivity contribution is 5.70. The molecule has 0 heterocycles. The minimum Gasteiger partial charge on any atom is -0.469 e. The third kappa shape index (κ3) is 16.1. The Morgan fingerprint density at radius 2 is 0.667 bits per heavy atom. The molecule has 0 rings (SSSR count). The molecule has 0 aliphatic rings. The molecule has 0 saturated carbocycles. The molecule has 0 aromatic heterocycles. The third-order valence-corrected chi connectivity index (χ3v) is 4.35. The van der Waals surface area contributed by atoms with E-state index < -0.39 is 29.3 Å². The van der Waals surface area contributed by atoms with E-state index in [2.05, 4.69) is 18.9 Å². The maximum absolute atomic E-state index is 11.3. The summed E-state index contributed by atoms with van der Waals surface area (Å²) in [5.41, 5.74) is -0.849. The Balaban J connectivity index is 5.09. The molecule has 0 fully saturated rings. The SMILES string of the molecule is COC(=O)CCOCC(COCCC(=O)OC)(COCCC(=O)OC)COCCC(=O)OC. The Morgan fingerprint density at radius 3 is 0.848 bits per heavy atom. The summed E-state index contributed by atoms with van der Waals surface area (Å²) in [5, 5.41) is 0. The van der Waals surface area contributed by atoms with Crippen LogP contribution in [0, 0.1) is 5.41 Å². The van der Waals surface area contributed by atoms with Crippen LogP contribution >= 0.6 is 0 Å². The molecule has 0 N–H and O–H groups in total. The lowest BCUT2D eigenvalue weighted by molar-refractivity contribution is -0.145. The van der Waals surface area contributed by atoms with Crippen molar-refractivity contribution in [2.24, 2.45) is 5.41 Å². The topological polar surface area (TPSA) is 142 Å². The Bertz CT molecular complexity index is 476. The van der Waals surface area contributed by atoms with Gasteiger partial charge in [0, 0.05) is 0 Å². The van der Waals surface area contributed by atoms with Crippen LogP contribution in [-0.4, -0.2) is 105 Å². The van der Waals surface area contributed by atoms with Crippen molar-refractivity contribution in [3.05, 3.63) is 0 Å². The second-order valence-corrected chi connectivity index (χ2v) is 7.01. The van der Waals surface area contributed by atoms with Gasteiger partial charge < -0.3 is 37.9 Å². The number of hydrogen-bond acceptors (Lipinski definition) is 12. The van der Waals surface area contributed by atoms with Gasteiger partial charge in [-0.2, -0.15) is 0 Å². The zero-order chi connectivity index (χ0) is 25.0. The highest BCUT2D eigenvalue weighted by Gasteiger charge is 2.33. The fraction of sp³-hybridized carbons (Fsp3) is 0.810. The number of esters is 4. The summed E-state index contributed by atoms with van der Waals surface area (Å²) in [6.45, 7) is 0.721. The van der Waals surface area contributed by atoms with Crippen LogP contribution in [0.2, 0.25) is 0 Å². The Morgan fingerprint density at radius 1 is 0.455 bits per heavy atom. The van der Waals surface area contributed by atoms with Crippen molar-refractivity contribution in [3.8, 4) is 0 Å². The molecular weight excluding hydrogens is 444 g/mol. The Hall–Kier alpha value is -2.28. The fourth-order valence-corrected chi connectivity index (χ4v) is 2.43. The van der Waals surface area contributed by atoms with Gasteiger partial charge in [0.25, 0.3) is 0 Å². The summed E-state index contributed by atoms with van der Waals surface area (Å²) in [5.74, 6) is -1.67. The van der Waals surface area contributed by atoms with E-state index in [1.54, 1.807) is 0 Å². The first-order valence-corrected chi connectivity index (χ1v) is 10.4. The van der Waals surface area contributed by atoms with Crippen LogP contribution in [0.1, 0.15) is 25.7 Å². The molecule has 12 heteroatoms. The molecule has 0 unspecified atom stereocenters. The van der Waals surface area contributed by atoms with Crippen LogP contribution in [0.3, 0.4) is 0 Å². The highest BCUT2D eigenvalue weighted by Crippen LogP contribution is 2.21. The summed E-state index contributed by atoms with van der Waals surface area (Å²) in [7, 11) is 5.14. The van der Waals surface area contributed by atoms with Gasteiger partial charge >= 0.3 is 23.9 Å². The minimum atomic E-state index is -0.849. The first kappa shape index (κ1) is 30.7. The molecule has 0 aromatic carbocycles. The van der Waals surface area contributed by atoms with Crippen LogP contribution in [0.4, 0.5) is 0 Å². The maximum atomic E-state index is 11.3. The molecule has 0 aliphatic heterocycles. The third-order valence-electron chi connectivity index (χ3n) is 4.35. The van der Waals surface area contributed by atoms with Crippen LogP contribution in [-0.2, 0) is 57.1 Å². The molecular formula is C21H36O12. The Kier molecular flexibility index (Phi) is 17.9. The summed E-state index contributed by atoms with van der Waals surface area (Å²) in [6, 6.07) is 0. The predicted octanol–water partition coefficient (Wildman–Crippen LogP) is 0.292. The lowest BCUT2D eigenvalue weighted by Gasteiger charge is -2.33. The maximum Gasteiger partial charge on any atom is 0.307 e. The lowest BCUT2D eigenvalue weighted by Crippen LogP contribution is -2.42.